The number of nitrogens with one attached hydrogen (secondary N) is 2. The zero-order valence-corrected chi connectivity index (χ0v) is 13.6. The van der Waals surface area contributed by atoms with Crippen LogP contribution in [0.15, 0.2) is 24.3 Å². The second-order valence-electron chi connectivity index (χ2n) is 5.40. The van der Waals surface area contributed by atoms with Gasteiger partial charge in [0.25, 0.3) is 0 Å². The van der Waals surface area contributed by atoms with Crippen molar-refractivity contribution in [1.29, 1.82) is 0 Å². The molecule has 0 saturated heterocycles. The third-order valence-corrected chi connectivity index (χ3v) is 3.00. The molecule has 0 heterocycles. The van der Waals surface area contributed by atoms with Crippen LogP contribution < -0.4 is 10.6 Å². The second-order valence-corrected chi connectivity index (χ2v) is 5.40. The van der Waals surface area contributed by atoms with Gasteiger partial charge in [0.05, 0.1) is 18.2 Å². The predicted octanol–water partition coefficient (Wildman–Crippen LogP) is 3.55. The van der Waals surface area contributed by atoms with Crippen molar-refractivity contribution in [2.45, 2.75) is 32.5 Å². The number of alkyl halides is 3. The van der Waals surface area contributed by atoms with E-state index in [0.717, 1.165) is 12.1 Å². The maximum Gasteiger partial charge on any atom is 0.416 e. The lowest BCUT2D eigenvalue weighted by Crippen LogP contribution is -2.35. The molecular weight excluding hydrogens is 317 g/mol. The number of carbonyl (C=O) groups is 1. The summed E-state index contributed by atoms with van der Waals surface area (Å²) in [5.41, 5.74) is -0.223. The number of halogens is 4. The van der Waals surface area contributed by atoms with Gasteiger partial charge in [0.15, 0.2) is 0 Å². The summed E-state index contributed by atoms with van der Waals surface area (Å²) in [6.45, 7) is 4.06. The topological polar surface area (TPSA) is 41.1 Å². The Hall–Kier alpha value is -1.27. The van der Waals surface area contributed by atoms with Crippen molar-refractivity contribution < 1.29 is 18.0 Å². The molecule has 0 aliphatic heterocycles. The maximum absolute atomic E-state index is 12.8. The molecule has 0 spiro atoms. The van der Waals surface area contributed by atoms with Crippen LogP contribution in [0.3, 0.4) is 0 Å². The highest BCUT2D eigenvalue weighted by Gasteiger charge is 2.31. The fourth-order valence-electron chi connectivity index (χ4n) is 2.09. The summed E-state index contributed by atoms with van der Waals surface area (Å²) in [7, 11) is 1.64. The number of amides is 1. The summed E-state index contributed by atoms with van der Waals surface area (Å²) in [5, 5.41) is 5.50. The Labute approximate surface area is 135 Å². The Morgan fingerprint density at radius 3 is 2.41 bits per heavy atom. The molecular formula is C15H22ClF3N2O. The normalized spacial score (nSPS) is 12.7. The van der Waals surface area contributed by atoms with Crippen molar-refractivity contribution in [1.82, 2.24) is 10.6 Å². The summed E-state index contributed by atoms with van der Waals surface area (Å²) < 4.78 is 38.3. The van der Waals surface area contributed by atoms with E-state index in [1.807, 2.05) is 13.8 Å². The van der Waals surface area contributed by atoms with Crippen molar-refractivity contribution in [2.24, 2.45) is 5.92 Å². The van der Waals surface area contributed by atoms with Gasteiger partial charge in [0, 0.05) is 0 Å². The summed E-state index contributed by atoms with van der Waals surface area (Å²) in [6.07, 6.45) is -3.80. The molecule has 0 fully saturated rings. The standard InChI is InChI=1S/C15H21F3N2O.ClH/c1-10(2)7-13(20-14(21)9-19-3)11-5-4-6-12(8-11)15(16,17)18;/h4-6,8,10,13,19H,7,9H2,1-3H3,(H,20,21);1H. The van der Waals surface area contributed by atoms with E-state index < -0.39 is 17.8 Å². The number of hydrogen-bond acceptors (Lipinski definition) is 2. The molecule has 0 aliphatic rings. The van der Waals surface area contributed by atoms with E-state index in [-0.39, 0.29) is 30.8 Å². The number of hydrogen-bond donors (Lipinski definition) is 2. The molecule has 0 radical (unpaired) electrons. The summed E-state index contributed by atoms with van der Waals surface area (Å²) >= 11 is 0. The third-order valence-electron chi connectivity index (χ3n) is 3.00. The van der Waals surface area contributed by atoms with E-state index in [2.05, 4.69) is 10.6 Å². The Morgan fingerprint density at radius 1 is 1.27 bits per heavy atom. The number of carbonyl (C=O) groups excluding carboxylic acids is 1. The Bertz CT molecular complexity index is 478. The van der Waals surface area contributed by atoms with E-state index in [1.165, 1.54) is 6.07 Å². The van der Waals surface area contributed by atoms with Crippen LogP contribution in [0.25, 0.3) is 0 Å². The SMILES string of the molecule is CNCC(=O)NC(CC(C)C)c1cccc(C(F)(F)F)c1.Cl. The maximum atomic E-state index is 12.8. The van der Waals surface area contributed by atoms with Crippen LogP contribution >= 0.6 is 12.4 Å². The molecule has 0 saturated carbocycles. The van der Waals surface area contributed by atoms with Crippen molar-refractivity contribution in [3.8, 4) is 0 Å². The number of likely N-dealkylation sites (N-methyl/N-ethyl adjacent to an activating group) is 1. The first-order chi connectivity index (χ1) is 9.74. The van der Waals surface area contributed by atoms with Gasteiger partial charge in [-0.1, -0.05) is 26.0 Å². The molecule has 1 amide bonds. The van der Waals surface area contributed by atoms with Gasteiger partial charge >= 0.3 is 6.18 Å². The quantitative estimate of drug-likeness (QED) is 0.833. The first-order valence-electron chi connectivity index (χ1n) is 6.85. The van der Waals surface area contributed by atoms with Gasteiger partial charge < -0.3 is 10.6 Å². The predicted molar refractivity (Wildman–Crippen MR) is 83.0 cm³/mol. The monoisotopic (exact) mass is 338 g/mol. The average Bonchev–Trinajstić information content (AvgIpc) is 2.37. The Balaban J connectivity index is 0.00000441. The van der Waals surface area contributed by atoms with Gasteiger partial charge in [0.1, 0.15) is 0 Å². The molecule has 126 valence electrons. The van der Waals surface area contributed by atoms with Gasteiger partial charge in [-0.15, -0.1) is 12.4 Å². The van der Waals surface area contributed by atoms with Crippen LogP contribution in [0, 0.1) is 5.92 Å². The molecule has 7 heteroatoms. The Kier molecular flexibility index (Phi) is 8.48. The average molecular weight is 339 g/mol. The van der Waals surface area contributed by atoms with E-state index in [1.54, 1.807) is 13.1 Å². The van der Waals surface area contributed by atoms with Crippen molar-refractivity contribution in [3.63, 3.8) is 0 Å². The minimum Gasteiger partial charge on any atom is -0.348 e. The first-order valence-corrected chi connectivity index (χ1v) is 6.85. The molecule has 1 atom stereocenters. The van der Waals surface area contributed by atoms with E-state index in [4.69, 9.17) is 0 Å². The highest BCUT2D eigenvalue weighted by Crippen LogP contribution is 2.31. The molecule has 1 rings (SSSR count). The van der Waals surface area contributed by atoms with Gasteiger partial charge in [-0.3, -0.25) is 4.79 Å². The van der Waals surface area contributed by atoms with Gasteiger partial charge in [-0.05, 0) is 37.1 Å². The lowest BCUT2D eigenvalue weighted by Gasteiger charge is -2.22. The zero-order valence-electron chi connectivity index (χ0n) is 12.8. The third kappa shape index (κ3) is 6.66. The molecule has 2 N–H and O–H groups in total. The summed E-state index contributed by atoms with van der Waals surface area (Å²) in [6, 6.07) is 4.70. The van der Waals surface area contributed by atoms with Gasteiger partial charge in [0.2, 0.25) is 5.91 Å². The lowest BCUT2D eigenvalue weighted by molar-refractivity contribution is -0.137. The molecule has 1 unspecified atom stereocenters. The smallest absolute Gasteiger partial charge is 0.348 e. The minimum absolute atomic E-state index is 0. The fraction of sp³-hybridized carbons (Fsp3) is 0.533. The Morgan fingerprint density at radius 2 is 1.91 bits per heavy atom. The largest absolute Gasteiger partial charge is 0.416 e. The van der Waals surface area contributed by atoms with Crippen LogP contribution in [-0.2, 0) is 11.0 Å². The van der Waals surface area contributed by atoms with Crippen LogP contribution in [0.1, 0.15) is 37.4 Å². The summed E-state index contributed by atoms with van der Waals surface area (Å²) in [5.74, 6) is 0.0139. The number of benzene rings is 1. The molecule has 3 nitrogen and oxygen atoms in total. The van der Waals surface area contributed by atoms with Gasteiger partial charge in [-0.2, -0.15) is 13.2 Å². The first kappa shape index (κ1) is 20.7. The highest BCUT2D eigenvalue weighted by atomic mass is 35.5. The molecule has 1 aromatic carbocycles. The van der Waals surface area contributed by atoms with Crippen molar-refractivity contribution in [2.75, 3.05) is 13.6 Å². The molecule has 0 aliphatic carbocycles. The van der Waals surface area contributed by atoms with Crippen molar-refractivity contribution in [3.05, 3.63) is 35.4 Å². The van der Waals surface area contributed by atoms with Crippen LogP contribution in [-0.4, -0.2) is 19.5 Å². The molecule has 22 heavy (non-hydrogen) atoms. The van der Waals surface area contributed by atoms with Crippen molar-refractivity contribution >= 4 is 18.3 Å². The minimum atomic E-state index is -4.38. The van der Waals surface area contributed by atoms with Crippen LogP contribution in [0.5, 0.6) is 0 Å². The highest BCUT2D eigenvalue weighted by molar-refractivity contribution is 5.85. The number of rotatable bonds is 6. The molecule has 0 aromatic heterocycles. The lowest BCUT2D eigenvalue weighted by atomic mass is 9.95. The van der Waals surface area contributed by atoms with E-state index in [0.29, 0.717) is 12.0 Å². The molecule has 1 aromatic rings. The zero-order chi connectivity index (χ0) is 16.0. The van der Waals surface area contributed by atoms with Gasteiger partial charge in [-0.25, -0.2) is 0 Å². The summed E-state index contributed by atoms with van der Waals surface area (Å²) in [4.78, 5) is 11.7. The van der Waals surface area contributed by atoms with E-state index in [9.17, 15) is 18.0 Å². The van der Waals surface area contributed by atoms with Crippen LogP contribution in [0.2, 0.25) is 0 Å². The fourth-order valence-corrected chi connectivity index (χ4v) is 2.09. The molecule has 0 bridgehead atoms. The van der Waals surface area contributed by atoms with E-state index >= 15 is 0 Å². The van der Waals surface area contributed by atoms with Crippen LogP contribution in [0.4, 0.5) is 13.2 Å². The second kappa shape index (κ2) is 9.00.